The van der Waals surface area contributed by atoms with Crippen molar-refractivity contribution in [3.8, 4) is 5.75 Å². The van der Waals surface area contributed by atoms with Gasteiger partial charge in [0.25, 0.3) is 0 Å². The fourth-order valence-corrected chi connectivity index (χ4v) is 5.76. The SMILES string of the molecule is COc1ccc(C[C@H]2NC(C(C)(C)C(=O)N[C@@H](CC(C)(C)C)C(=O)O[C@@H](C/C=C/C(=O)O)[C@H](C)/C=C/c3ccc(CO)cc3)NC2=O)cc1Cl. The van der Waals surface area contributed by atoms with Crippen LogP contribution in [-0.4, -0.2) is 65.4 Å². The molecule has 1 aliphatic heterocycles. The number of amides is 2. The van der Waals surface area contributed by atoms with E-state index in [-0.39, 0.29) is 36.7 Å². The minimum Gasteiger partial charge on any atom is -0.495 e. The number of halogens is 1. The zero-order valence-corrected chi connectivity index (χ0v) is 30.5. The van der Waals surface area contributed by atoms with Crippen LogP contribution >= 0.6 is 11.6 Å². The third kappa shape index (κ3) is 11.7. The van der Waals surface area contributed by atoms with Crippen molar-refractivity contribution in [2.75, 3.05) is 7.11 Å². The fraction of sp³-hybridized carbons (Fsp3) is 0.474. The molecule has 1 heterocycles. The van der Waals surface area contributed by atoms with Gasteiger partial charge in [0.15, 0.2) is 0 Å². The number of methoxy groups -OCH3 is 1. The lowest BCUT2D eigenvalue weighted by Crippen LogP contribution is -2.57. The first-order valence-corrected chi connectivity index (χ1v) is 17.0. The van der Waals surface area contributed by atoms with E-state index in [9.17, 15) is 24.3 Å². The van der Waals surface area contributed by atoms with Crippen LogP contribution < -0.4 is 20.7 Å². The summed E-state index contributed by atoms with van der Waals surface area (Å²) in [5.41, 5.74) is 0.916. The summed E-state index contributed by atoms with van der Waals surface area (Å²) in [6.07, 6.45) is 5.43. The highest BCUT2D eigenvalue weighted by atomic mass is 35.5. The highest BCUT2D eigenvalue weighted by molar-refractivity contribution is 6.32. The maximum absolute atomic E-state index is 13.9. The molecule has 2 aromatic carbocycles. The number of hydrogen-bond acceptors (Lipinski definition) is 8. The second-order valence-corrected chi connectivity index (χ2v) is 14.8. The minimum atomic E-state index is -1.18. The number of aliphatic carboxylic acids is 1. The van der Waals surface area contributed by atoms with Crippen molar-refractivity contribution >= 4 is 41.4 Å². The highest BCUT2D eigenvalue weighted by Gasteiger charge is 2.45. The molecule has 5 atom stereocenters. The maximum Gasteiger partial charge on any atom is 0.328 e. The van der Waals surface area contributed by atoms with E-state index in [2.05, 4.69) is 16.0 Å². The summed E-state index contributed by atoms with van der Waals surface area (Å²) in [6.45, 7) is 11.0. The largest absolute Gasteiger partial charge is 0.495 e. The highest BCUT2D eigenvalue weighted by Crippen LogP contribution is 2.29. The van der Waals surface area contributed by atoms with Gasteiger partial charge in [0.05, 0.1) is 36.4 Å². The van der Waals surface area contributed by atoms with Gasteiger partial charge in [-0.05, 0) is 60.9 Å². The van der Waals surface area contributed by atoms with Gasteiger partial charge in [-0.3, -0.25) is 14.9 Å². The molecule has 3 rings (SSSR count). The molecule has 0 spiro atoms. The summed E-state index contributed by atoms with van der Waals surface area (Å²) in [5, 5.41) is 27.9. The fourth-order valence-electron chi connectivity index (χ4n) is 5.48. The lowest BCUT2D eigenvalue weighted by atomic mass is 9.85. The summed E-state index contributed by atoms with van der Waals surface area (Å²) in [6, 6.07) is 11.0. The maximum atomic E-state index is 13.9. The molecule has 1 saturated heterocycles. The third-order valence-electron chi connectivity index (χ3n) is 8.58. The molecule has 272 valence electrons. The van der Waals surface area contributed by atoms with Crippen LogP contribution in [0, 0.1) is 16.7 Å². The summed E-state index contributed by atoms with van der Waals surface area (Å²) in [7, 11) is 1.52. The molecule has 50 heavy (non-hydrogen) atoms. The molecule has 12 heteroatoms. The summed E-state index contributed by atoms with van der Waals surface area (Å²) in [4.78, 5) is 51.8. The zero-order valence-electron chi connectivity index (χ0n) is 29.8. The Kier molecular flexibility index (Phi) is 14.2. The van der Waals surface area contributed by atoms with Crippen molar-refractivity contribution in [3.63, 3.8) is 0 Å². The van der Waals surface area contributed by atoms with Crippen LogP contribution in [0.25, 0.3) is 6.08 Å². The Balaban J connectivity index is 1.76. The van der Waals surface area contributed by atoms with E-state index in [1.165, 1.54) is 13.2 Å². The molecule has 2 amide bonds. The number of aliphatic hydroxyl groups excluding tert-OH is 1. The molecule has 1 unspecified atom stereocenters. The molecule has 0 radical (unpaired) electrons. The number of nitrogens with one attached hydrogen (secondary N) is 3. The smallest absolute Gasteiger partial charge is 0.328 e. The number of ether oxygens (including phenoxy) is 2. The first-order valence-electron chi connectivity index (χ1n) is 16.6. The van der Waals surface area contributed by atoms with Gasteiger partial charge in [-0.15, -0.1) is 0 Å². The molecule has 2 aromatic rings. The number of rotatable bonds is 16. The topological polar surface area (TPSA) is 163 Å². The van der Waals surface area contributed by atoms with Gasteiger partial charge in [0, 0.05) is 18.4 Å². The van der Waals surface area contributed by atoms with Gasteiger partial charge in [-0.1, -0.05) is 87.9 Å². The monoisotopic (exact) mass is 711 g/mol. The van der Waals surface area contributed by atoms with Crippen molar-refractivity contribution in [3.05, 3.63) is 82.4 Å². The Bertz CT molecular complexity index is 1560. The van der Waals surface area contributed by atoms with E-state index in [1.807, 2.05) is 70.2 Å². The molecule has 0 bridgehead atoms. The average molecular weight is 712 g/mol. The summed E-state index contributed by atoms with van der Waals surface area (Å²) >= 11 is 6.28. The van der Waals surface area contributed by atoms with Crippen molar-refractivity contribution in [2.45, 2.75) is 91.8 Å². The summed E-state index contributed by atoms with van der Waals surface area (Å²) in [5.74, 6) is -2.30. The molecule has 0 aromatic heterocycles. The third-order valence-corrected chi connectivity index (χ3v) is 8.87. The van der Waals surface area contributed by atoms with Crippen LogP contribution in [-0.2, 0) is 36.9 Å². The van der Waals surface area contributed by atoms with E-state index in [1.54, 1.807) is 26.0 Å². The van der Waals surface area contributed by atoms with E-state index < -0.39 is 47.6 Å². The van der Waals surface area contributed by atoms with Gasteiger partial charge < -0.3 is 30.3 Å². The molecule has 1 fully saturated rings. The van der Waals surface area contributed by atoms with Crippen LogP contribution in [0.5, 0.6) is 5.75 Å². The number of benzene rings is 2. The second kappa shape index (κ2) is 17.6. The molecule has 1 aliphatic rings. The Morgan fingerprint density at radius 1 is 1.06 bits per heavy atom. The Morgan fingerprint density at radius 3 is 2.30 bits per heavy atom. The van der Waals surface area contributed by atoms with Crippen LogP contribution in [0.1, 0.15) is 71.1 Å². The van der Waals surface area contributed by atoms with Gasteiger partial charge in [-0.25, -0.2) is 9.59 Å². The van der Waals surface area contributed by atoms with Crippen molar-refractivity contribution < 1.29 is 38.9 Å². The lowest BCUT2D eigenvalue weighted by molar-refractivity contribution is -0.156. The molecular weight excluding hydrogens is 662 g/mol. The van der Waals surface area contributed by atoms with Crippen LogP contribution in [0.15, 0.2) is 60.7 Å². The number of carboxylic acid groups (broad SMARTS) is 1. The van der Waals surface area contributed by atoms with Gasteiger partial charge in [0.2, 0.25) is 11.8 Å². The quantitative estimate of drug-likeness (QED) is 0.119. The standard InChI is InChI=1S/C38H50ClN3O8/c1-23(11-12-24-13-15-25(22-43)16-14-24)30(9-8-10-32(44)45)50-34(47)29(21-37(2,3)4)41-36(48)38(5,6)35-40-28(33(46)42-35)20-26-17-18-31(49-7)27(39)19-26/h8,10-19,23,28-30,35,40,43H,9,20-22H2,1-7H3,(H,41,48)(H,42,46)(H,44,45)/b10-8+,12-11+/t23-,28-,29+,30+,35?/m1/s1. The first-order chi connectivity index (χ1) is 23.4. The number of carboxylic acids is 1. The molecule has 11 nitrogen and oxygen atoms in total. The molecule has 5 N–H and O–H groups in total. The summed E-state index contributed by atoms with van der Waals surface area (Å²) < 4.78 is 11.2. The van der Waals surface area contributed by atoms with Gasteiger partial charge in [-0.2, -0.15) is 0 Å². The predicted molar refractivity (Wildman–Crippen MR) is 192 cm³/mol. The van der Waals surface area contributed by atoms with Crippen molar-refractivity contribution in [1.82, 2.24) is 16.0 Å². The van der Waals surface area contributed by atoms with Crippen LogP contribution in [0.2, 0.25) is 5.02 Å². The number of hydrogen-bond donors (Lipinski definition) is 5. The molecule has 0 aliphatic carbocycles. The van der Waals surface area contributed by atoms with Gasteiger partial charge in [0.1, 0.15) is 17.9 Å². The Morgan fingerprint density at radius 2 is 1.72 bits per heavy atom. The normalized spacial score (nSPS) is 18.5. The van der Waals surface area contributed by atoms with E-state index >= 15 is 0 Å². The van der Waals surface area contributed by atoms with Gasteiger partial charge >= 0.3 is 11.9 Å². The van der Waals surface area contributed by atoms with E-state index in [0.717, 1.165) is 22.8 Å². The van der Waals surface area contributed by atoms with Crippen molar-refractivity contribution in [2.24, 2.45) is 16.7 Å². The van der Waals surface area contributed by atoms with E-state index in [4.69, 9.17) is 26.2 Å². The molecule has 0 saturated carbocycles. The Hall–Kier alpha value is -4.19. The Labute approximate surface area is 299 Å². The zero-order chi connectivity index (χ0) is 37.2. The first kappa shape index (κ1) is 40.2. The predicted octanol–water partition coefficient (Wildman–Crippen LogP) is 5.04. The average Bonchev–Trinajstić information content (AvgIpc) is 3.42. The number of carbonyl (C=O) groups excluding carboxylic acids is 3. The van der Waals surface area contributed by atoms with Crippen molar-refractivity contribution in [1.29, 1.82) is 0 Å². The lowest BCUT2D eigenvalue weighted by Gasteiger charge is -2.34. The van der Waals surface area contributed by atoms with E-state index in [0.29, 0.717) is 17.2 Å². The number of aliphatic hydroxyl groups is 1. The van der Waals surface area contributed by atoms with Crippen LogP contribution in [0.4, 0.5) is 0 Å². The molecular formula is C38H50ClN3O8. The minimum absolute atomic E-state index is 0.0651. The number of carbonyl (C=O) groups is 4. The number of esters is 1. The second-order valence-electron chi connectivity index (χ2n) is 14.4. The van der Waals surface area contributed by atoms with Crippen LogP contribution in [0.3, 0.4) is 0 Å².